The molecule has 39 heavy (non-hydrogen) atoms. The van der Waals surface area contributed by atoms with Crippen molar-refractivity contribution in [1.82, 2.24) is 24.9 Å². The number of hydrogen-bond donors (Lipinski definition) is 2. The molecule has 1 fully saturated rings. The number of imidazole rings is 1. The highest BCUT2D eigenvalue weighted by Crippen LogP contribution is 2.32. The van der Waals surface area contributed by atoms with Crippen molar-refractivity contribution < 1.29 is 27.8 Å². The summed E-state index contributed by atoms with van der Waals surface area (Å²) >= 11 is 0. The Labute approximate surface area is 222 Å². The lowest BCUT2D eigenvalue weighted by Crippen LogP contribution is -2.24. The molecule has 0 bridgehead atoms. The van der Waals surface area contributed by atoms with Crippen molar-refractivity contribution >= 4 is 23.3 Å². The first-order valence-electron chi connectivity index (χ1n) is 12.4. The predicted octanol–water partition coefficient (Wildman–Crippen LogP) is 4.15. The van der Waals surface area contributed by atoms with Gasteiger partial charge in [0.1, 0.15) is 11.4 Å². The van der Waals surface area contributed by atoms with Crippen molar-refractivity contribution in [1.29, 1.82) is 0 Å². The van der Waals surface area contributed by atoms with E-state index in [0.29, 0.717) is 41.7 Å². The molecule has 0 aliphatic heterocycles. The summed E-state index contributed by atoms with van der Waals surface area (Å²) < 4.78 is 40.8. The maximum absolute atomic E-state index is 14.4. The number of amides is 2. The summed E-state index contributed by atoms with van der Waals surface area (Å²) in [4.78, 5) is 33.4. The zero-order chi connectivity index (χ0) is 27.5. The van der Waals surface area contributed by atoms with Crippen molar-refractivity contribution in [2.24, 2.45) is 5.92 Å². The van der Waals surface area contributed by atoms with Crippen LogP contribution in [0.1, 0.15) is 42.1 Å². The lowest BCUT2D eigenvalue weighted by atomic mass is 10.1. The van der Waals surface area contributed by atoms with Crippen molar-refractivity contribution in [2.45, 2.75) is 32.7 Å². The molecule has 0 saturated heterocycles. The molecule has 1 saturated carbocycles. The zero-order valence-corrected chi connectivity index (χ0v) is 21.3. The van der Waals surface area contributed by atoms with Gasteiger partial charge in [0.2, 0.25) is 11.8 Å². The fourth-order valence-corrected chi connectivity index (χ4v) is 3.91. The van der Waals surface area contributed by atoms with Gasteiger partial charge < -0.3 is 20.1 Å². The third kappa shape index (κ3) is 5.95. The molecule has 202 valence electrons. The number of carbonyl (C=O) groups is 2. The molecular weight excluding hydrogens is 510 g/mol. The van der Waals surface area contributed by atoms with Crippen LogP contribution in [0.5, 0.6) is 11.6 Å². The number of hydrogen-bond acceptors (Lipinski definition) is 7. The molecule has 0 unspecified atom stereocenters. The minimum absolute atomic E-state index is 0.0696. The number of fused-ring (bicyclic) bond motifs is 1. The molecule has 3 heterocycles. The van der Waals surface area contributed by atoms with Gasteiger partial charge in [-0.2, -0.15) is 5.10 Å². The Morgan fingerprint density at radius 2 is 2.00 bits per heavy atom. The Kier molecular flexibility index (Phi) is 7.35. The Hall–Kier alpha value is -4.61. The van der Waals surface area contributed by atoms with Gasteiger partial charge >= 0.3 is 0 Å². The molecule has 10 nitrogen and oxygen atoms in total. The first-order valence-corrected chi connectivity index (χ1v) is 12.4. The summed E-state index contributed by atoms with van der Waals surface area (Å²) in [5.41, 5.74) is 1.81. The summed E-state index contributed by atoms with van der Waals surface area (Å²) in [6.07, 6.45) is 5.43. The third-order valence-corrected chi connectivity index (χ3v) is 6.18. The number of ether oxygens (including phenoxy) is 2. The minimum Gasteiger partial charge on any atom is -0.490 e. The van der Waals surface area contributed by atoms with Gasteiger partial charge in [-0.25, -0.2) is 23.3 Å². The highest BCUT2D eigenvalue weighted by Gasteiger charge is 2.24. The van der Waals surface area contributed by atoms with Crippen molar-refractivity contribution in [2.75, 3.05) is 19.0 Å². The van der Waals surface area contributed by atoms with E-state index in [1.54, 1.807) is 31.3 Å². The lowest BCUT2D eigenvalue weighted by Gasteiger charge is -2.14. The third-order valence-electron chi connectivity index (χ3n) is 6.18. The summed E-state index contributed by atoms with van der Waals surface area (Å²) in [5, 5.41) is 9.87. The van der Waals surface area contributed by atoms with Crippen LogP contribution in [0.15, 0.2) is 42.7 Å². The first-order chi connectivity index (χ1) is 18.8. The second-order valence-corrected chi connectivity index (χ2v) is 9.14. The van der Waals surface area contributed by atoms with E-state index in [9.17, 15) is 18.4 Å². The van der Waals surface area contributed by atoms with Gasteiger partial charge in [0.25, 0.3) is 5.91 Å². The standard InChI is InChI=1S/C27H26F2N6O4/c1-3-24(36)33-22-13-35-23(32-22)7-6-21(34-35)16-9-19(27(38-2)31-11-16)26(37)30-12-17-8-18(28)10-20(29)25(17)39-14-15-4-5-15/h6-11,13,15H,3-5,12,14H2,1-2H3,(H,30,37)(H,33,36). The number of carbonyl (C=O) groups excluding carboxylic acids is 2. The number of anilines is 1. The summed E-state index contributed by atoms with van der Waals surface area (Å²) in [7, 11) is 1.38. The van der Waals surface area contributed by atoms with E-state index >= 15 is 0 Å². The van der Waals surface area contributed by atoms with Crippen LogP contribution in [0.25, 0.3) is 16.9 Å². The summed E-state index contributed by atoms with van der Waals surface area (Å²) in [6, 6.07) is 6.88. The molecule has 1 aromatic carbocycles. The van der Waals surface area contributed by atoms with Gasteiger partial charge in [-0.3, -0.25) is 9.59 Å². The average molecular weight is 537 g/mol. The molecule has 0 radical (unpaired) electrons. The first kappa shape index (κ1) is 26.0. The Morgan fingerprint density at radius 1 is 1.18 bits per heavy atom. The Bertz CT molecular complexity index is 1550. The molecule has 3 aromatic heterocycles. The van der Waals surface area contributed by atoms with Crippen LogP contribution >= 0.6 is 0 Å². The highest BCUT2D eigenvalue weighted by atomic mass is 19.1. The zero-order valence-electron chi connectivity index (χ0n) is 21.3. The van der Waals surface area contributed by atoms with Crippen molar-refractivity contribution in [3.05, 3.63) is 65.5 Å². The molecule has 1 aliphatic rings. The van der Waals surface area contributed by atoms with E-state index in [0.717, 1.165) is 25.0 Å². The van der Waals surface area contributed by atoms with Gasteiger partial charge in [0, 0.05) is 36.4 Å². The minimum atomic E-state index is -0.820. The van der Waals surface area contributed by atoms with Crippen molar-refractivity contribution in [3.63, 3.8) is 0 Å². The van der Waals surface area contributed by atoms with Crippen LogP contribution in [-0.4, -0.2) is 45.1 Å². The van der Waals surface area contributed by atoms with Gasteiger partial charge in [0.05, 0.1) is 25.6 Å². The number of aromatic nitrogens is 4. The van der Waals surface area contributed by atoms with Crippen LogP contribution in [-0.2, 0) is 11.3 Å². The fourth-order valence-electron chi connectivity index (χ4n) is 3.91. The average Bonchev–Trinajstić information content (AvgIpc) is 3.67. The van der Waals surface area contributed by atoms with E-state index in [1.807, 2.05) is 0 Å². The van der Waals surface area contributed by atoms with Crippen LogP contribution in [0, 0.1) is 17.6 Å². The van der Waals surface area contributed by atoms with Gasteiger partial charge in [-0.05, 0) is 43.0 Å². The maximum atomic E-state index is 14.4. The Morgan fingerprint density at radius 3 is 2.74 bits per heavy atom. The fraction of sp³-hybridized carbons (Fsp3) is 0.296. The van der Waals surface area contributed by atoms with E-state index in [1.165, 1.54) is 17.8 Å². The number of methoxy groups -OCH3 is 1. The molecule has 2 N–H and O–H groups in total. The smallest absolute Gasteiger partial charge is 0.257 e. The topological polar surface area (TPSA) is 120 Å². The van der Waals surface area contributed by atoms with Crippen LogP contribution < -0.4 is 20.1 Å². The monoisotopic (exact) mass is 536 g/mol. The summed E-state index contributed by atoms with van der Waals surface area (Å²) in [6.45, 7) is 1.90. The molecule has 5 rings (SSSR count). The normalized spacial score (nSPS) is 12.8. The second-order valence-electron chi connectivity index (χ2n) is 9.14. The van der Waals surface area contributed by atoms with Gasteiger partial charge in [-0.15, -0.1) is 0 Å². The van der Waals surface area contributed by atoms with E-state index in [4.69, 9.17) is 9.47 Å². The number of benzene rings is 1. The Balaban J connectivity index is 1.37. The summed E-state index contributed by atoms with van der Waals surface area (Å²) in [5.74, 6) is -1.59. The number of rotatable bonds is 10. The van der Waals surface area contributed by atoms with E-state index < -0.39 is 17.5 Å². The van der Waals surface area contributed by atoms with E-state index in [2.05, 4.69) is 25.7 Å². The molecular formula is C27H26F2N6O4. The quantitative estimate of drug-likeness (QED) is 0.313. The number of nitrogens with zero attached hydrogens (tertiary/aromatic N) is 4. The van der Waals surface area contributed by atoms with Gasteiger partial charge in [0.15, 0.2) is 23.0 Å². The van der Waals surface area contributed by atoms with Crippen LogP contribution in [0.2, 0.25) is 0 Å². The second kappa shape index (κ2) is 11.0. The number of pyridine rings is 1. The lowest BCUT2D eigenvalue weighted by molar-refractivity contribution is -0.115. The molecule has 2 amide bonds. The SMILES string of the molecule is CCC(=O)Nc1cn2nc(-c3cnc(OC)c(C(=O)NCc4cc(F)cc(F)c4OCC4CC4)c3)ccc2n1. The molecule has 1 aliphatic carbocycles. The largest absolute Gasteiger partial charge is 0.490 e. The van der Waals surface area contributed by atoms with Gasteiger partial charge in [-0.1, -0.05) is 6.92 Å². The van der Waals surface area contributed by atoms with E-state index in [-0.39, 0.29) is 35.2 Å². The van der Waals surface area contributed by atoms with Crippen LogP contribution in [0.4, 0.5) is 14.6 Å². The molecule has 0 atom stereocenters. The molecule has 12 heteroatoms. The maximum Gasteiger partial charge on any atom is 0.257 e. The number of nitrogens with one attached hydrogen (secondary N) is 2. The number of halogens is 2. The predicted molar refractivity (Wildman–Crippen MR) is 137 cm³/mol. The van der Waals surface area contributed by atoms with Crippen LogP contribution in [0.3, 0.4) is 0 Å². The highest BCUT2D eigenvalue weighted by molar-refractivity contribution is 5.97. The van der Waals surface area contributed by atoms with Crippen molar-refractivity contribution in [3.8, 4) is 22.9 Å². The molecule has 4 aromatic rings. The molecule has 0 spiro atoms.